The third kappa shape index (κ3) is 1.90. The predicted molar refractivity (Wildman–Crippen MR) is 63.2 cm³/mol. The molecule has 8 nitrogen and oxygen atoms in total. The van der Waals surface area contributed by atoms with Gasteiger partial charge in [0.25, 0.3) is 0 Å². The first-order valence-electron chi connectivity index (χ1n) is 5.79. The van der Waals surface area contributed by atoms with E-state index in [9.17, 15) is 9.59 Å². The molecule has 2 N–H and O–H groups in total. The van der Waals surface area contributed by atoms with Crippen LogP contribution in [0.2, 0.25) is 0 Å². The SMILES string of the molecule is O=C(O)C1(Cn2nnnc2-c2c[nH]ccc2=O)CC1. The number of aromatic amines is 1. The van der Waals surface area contributed by atoms with Crippen LogP contribution in [-0.2, 0) is 11.3 Å². The molecule has 0 saturated heterocycles. The molecule has 98 valence electrons. The van der Waals surface area contributed by atoms with Gasteiger partial charge in [0.2, 0.25) is 0 Å². The number of H-pyrrole nitrogens is 1. The first-order valence-corrected chi connectivity index (χ1v) is 5.79. The van der Waals surface area contributed by atoms with Gasteiger partial charge in [0.05, 0.1) is 17.5 Å². The molecule has 2 heterocycles. The topological polar surface area (TPSA) is 114 Å². The van der Waals surface area contributed by atoms with E-state index in [0.717, 1.165) is 0 Å². The zero-order valence-electron chi connectivity index (χ0n) is 9.91. The lowest BCUT2D eigenvalue weighted by atomic mass is 10.1. The van der Waals surface area contributed by atoms with Crippen molar-refractivity contribution < 1.29 is 9.90 Å². The zero-order valence-corrected chi connectivity index (χ0v) is 9.91. The molecule has 1 saturated carbocycles. The lowest BCUT2D eigenvalue weighted by Gasteiger charge is -2.10. The molecule has 0 aliphatic heterocycles. The number of hydrogen-bond donors (Lipinski definition) is 2. The number of carboxylic acids is 1. The van der Waals surface area contributed by atoms with Crippen LogP contribution in [0, 0.1) is 5.41 Å². The molecule has 0 unspecified atom stereocenters. The number of tetrazole rings is 1. The number of aliphatic carboxylic acids is 1. The fourth-order valence-corrected chi connectivity index (χ4v) is 1.97. The Bertz CT molecular complexity index is 685. The second-order valence-electron chi connectivity index (χ2n) is 4.67. The summed E-state index contributed by atoms with van der Waals surface area (Å²) >= 11 is 0. The van der Waals surface area contributed by atoms with Gasteiger partial charge in [-0.3, -0.25) is 9.59 Å². The summed E-state index contributed by atoms with van der Waals surface area (Å²) in [7, 11) is 0. The van der Waals surface area contributed by atoms with Crippen LogP contribution in [0.1, 0.15) is 12.8 Å². The number of hydrogen-bond acceptors (Lipinski definition) is 5. The molecule has 0 amide bonds. The van der Waals surface area contributed by atoms with Gasteiger partial charge < -0.3 is 10.1 Å². The first kappa shape index (κ1) is 11.6. The number of carbonyl (C=O) groups is 1. The third-order valence-corrected chi connectivity index (χ3v) is 3.36. The number of aromatic nitrogens is 5. The minimum atomic E-state index is -0.851. The maximum absolute atomic E-state index is 11.7. The molecule has 1 fully saturated rings. The molecule has 0 aromatic carbocycles. The minimum Gasteiger partial charge on any atom is -0.481 e. The highest BCUT2D eigenvalue weighted by molar-refractivity contribution is 5.77. The Morgan fingerprint density at radius 3 is 2.95 bits per heavy atom. The van der Waals surface area contributed by atoms with Crippen molar-refractivity contribution in [2.75, 3.05) is 0 Å². The van der Waals surface area contributed by atoms with Crippen LogP contribution in [0.3, 0.4) is 0 Å². The van der Waals surface area contributed by atoms with E-state index in [1.54, 1.807) is 0 Å². The van der Waals surface area contributed by atoms with Crippen LogP contribution in [0.25, 0.3) is 11.4 Å². The normalized spacial score (nSPS) is 16.2. The average Bonchev–Trinajstić information content (AvgIpc) is 3.03. The van der Waals surface area contributed by atoms with Crippen molar-refractivity contribution in [2.45, 2.75) is 19.4 Å². The Morgan fingerprint density at radius 1 is 1.53 bits per heavy atom. The van der Waals surface area contributed by atoms with Crippen molar-refractivity contribution in [3.63, 3.8) is 0 Å². The molecule has 8 heteroatoms. The van der Waals surface area contributed by atoms with E-state index < -0.39 is 11.4 Å². The Balaban J connectivity index is 1.98. The third-order valence-electron chi connectivity index (χ3n) is 3.36. The highest BCUT2D eigenvalue weighted by atomic mass is 16.4. The highest BCUT2D eigenvalue weighted by Gasteiger charge is 2.51. The molecular formula is C11H11N5O3. The Hall–Kier alpha value is -2.51. The number of pyridine rings is 1. The molecular weight excluding hydrogens is 250 g/mol. The van der Waals surface area contributed by atoms with E-state index in [2.05, 4.69) is 20.5 Å². The van der Waals surface area contributed by atoms with Gasteiger partial charge in [-0.2, -0.15) is 0 Å². The summed E-state index contributed by atoms with van der Waals surface area (Å²) in [6.45, 7) is 0.180. The molecule has 1 aliphatic carbocycles. The van der Waals surface area contributed by atoms with Gasteiger partial charge in [-0.15, -0.1) is 5.10 Å². The standard InChI is InChI=1S/C11H11N5O3/c17-8-1-4-12-5-7(8)9-13-14-15-16(9)6-11(2-3-11)10(18)19/h1,4-5H,2-3,6H2,(H,12,17)(H,18,19). The number of carboxylic acid groups (broad SMARTS) is 1. The van der Waals surface area contributed by atoms with Gasteiger partial charge in [0, 0.05) is 18.5 Å². The smallest absolute Gasteiger partial charge is 0.311 e. The van der Waals surface area contributed by atoms with Crippen molar-refractivity contribution in [1.29, 1.82) is 0 Å². The Kier molecular flexibility index (Phi) is 2.44. The number of nitrogens with zero attached hydrogens (tertiary/aromatic N) is 4. The molecule has 0 atom stereocenters. The molecule has 0 radical (unpaired) electrons. The molecule has 3 rings (SSSR count). The summed E-state index contributed by atoms with van der Waals surface area (Å²) in [5.41, 5.74) is -0.672. The first-order chi connectivity index (χ1) is 9.12. The highest BCUT2D eigenvalue weighted by Crippen LogP contribution is 2.47. The van der Waals surface area contributed by atoms with Crippen molar-refractivity contribution in [3.8, 4) is 11.4 Å². The Morgan fingerprint density at radius 2 is 2.32 bits per heavy atom. The minimum absolute atomic E-state index is 0.180. The molecule has 1 aliphatic rings. The summed E-state index contributed by atoms with van der Waals surface area (Å²) in [6, 6.07) is 1.37. The predicted octanol–water partition coefficient (Wildman–Crippen LogP) is -0.107. The monoisotopic (exact) mass is 261 g/mol. The second-order valence-corrected chi connectivity index (χ2v) is 4.67. The van der Waals surface area contributed by atoms with E-state index >= 15 is 0 Å². The van der Waals surface area contributed by atoms with Gasteiger partial charge in [-0.05, 0) is 23.3 Å². The summed E-state index contributed by atoms with van der Waals surface area (Å²) in [6.07, 6.45) is 4.23. The van der Waals surface area contributed by atoms with Crippen molar-refractivity contribution in [3.05, 3.63) is 28.7 Å². The molecule has 19 heavy (non-hydrogen) atoms. The lowest BCUT2D eigenvalue weighted by molar-refractivity contribution is -0.144. The van der Waals surface area contributed by atoms with Gasteiger partial charge in [-0.1, -0.05) is 0 Å². The summed E-state index contributed by atoms with van der Waals surface area (Å²) in [4.78, 5) is 25.7. The second kappa shape index (κ2) is 4.01. The molecule has 0 bridgehead atoms. The fourth-order valence-electron chi connectivity index (χ4n) is 1.97. The quantitative estimate of drug-likeness (QED) is 0.794. The fraction of sp³-hybridized carbons (Fsp3) is 0.364. The zero-order chi connectivity index (χ0) is 13.5. The molecule has 2 aromatic rings. The van der Waals surface area contributed by atoms with E-state index in [1.807, 2.05) is 0 Å². The maximum Gasteiger partial charge on any atom is 0.311 e. The average molecular weight is 261 g/mol. The lowest BCUT2D eigenvalue weighted by Crippen LogP contribution is -2.23. The Labute approximate surface area is 107 Å². The number of rotatable bonds is 4. The van der Waals surface area contributed by atoms with E-state index in [-0.39, 0.29) is 17.8 Å². The van der Waals surface area contributed by atoms with E-state index in [1.165, 1.54) is 23.1 Å². The molecule has 0 spiro atoms. The van der Waals surface area contributed by atoms with Crippen LogP contribution >= 0.6 is 0 Å². The van der Waals surface area contributed by atoms with Crippen LogP contribution in [0.15, 0.2) is 23.3 Å². The van der Waals surface area contributed by atoms with Crippen molar-refractivity contribution in [1.82, 2.24) is 25.2 Å². The van der Waals surface area contributed by atoms with E-state index in [0.29, 0.717) is 18.4 Å². The van der Waals surface area contributed by atoms with Crippen LogP contribution in [0.5, 0.6) is 0 Å². The van der Waals surface area contributed by atoms with Crippen molar-refractivity contribution in [2.24, 2.45) is 5.41 Å². The van der Waals surface area contributed by atoms with Gasteiger partial charge >= 0.3 is 5.97 Å². The van der Waals surface area contributed by atoms with Gasteiger partial charge in [0.15, 0.2) is 11.3 Å². The summed E-state index contributed by atoms with van der Waals surface area (Å²) in [5.74, 6) is -0.565. The van der Waals surface area contributed by atoms with Crippen LogP contribution < -0.4 is 5.43 Å². The van der Waals surface area contributed by atoms with E-state index in [4.69, 9.17) is 5.11 Å². The van der Waals surface area contributed by atoms with Gasteiger partial charge in [-0.25, -0.2) is 4.68 Å². The summed E-state index contributed by atoms with van der Waals surface area (Å²) in [5, 5.41) is 20.3. The van der Waals surface area contributed by atoms with Crippen LogP contribution in [-0.4, -0.2) is 36.3 Å². The van der Waals surface area contributed by atoms with Crippen LogP contribution in [0.4, 0.5) is 0 Å². The number of nitrogens with one attached hydrogen (secondary N) is 1. The molecule has 2 aromatic heterocycles. The largest absolute Gasteiger partial charge is 0.481 e. The van der Waals surface area contributed by atoms with Gasteiger partial charge in [0.1, 0.15) is 0 Å². The van der Waals surface area contributed by atoms with Crippen molar-refractivity contribution >= 4 is 5.97 Å². The maximum atomic E-state index is 11.7. The summed E-state index contributed by atoms with van der Waals surface area (Å²) < 4.78 is 1.38.